The SMILES string of the molecule is Cn1cnc(N)c1S(=O)(=O)N1CC2CCC1C2. The first kappa shape index (κ1) is 11.0. The van der Waals surface area contributed by atoms with E-state index < -0.39 is 10.0 Å². The monoisotopic (exact) mass is 256 g/mol. The van der Waals surface area contributed by atoms with Crippen LogP contribution in [0.25, 0.3) is 0 Å². The van der Waals surface area contributed by atoms with E-state index in [1.165, 1.54) is 10.9 Å². The Morgan fingerprint density at radius 3 is 2.71 bits per heavy atom. The molecule has 0 aromatic carbocycles. The van der Waals surface area contributed by atoms with Crippen LogP contribution in [0.2, 0.25) is 0 Å². The molecule has 1 aliphatic carbocycles. The molecule has 3 rings (SSSR count). The van der Waals surface area contributed by atoms with Gasteiger partial charge in [0.25, 0.3) is 10.0 Å². The number of aromatic nitrogens is 2. The van der Waals surface area contributed by atoms with Gasteiger partial charge in [0.1, 0.15) is 0 Å². The number of imidazole rings is 1. The van der Waals surface area contributed by atoms with Gasteiger partial charge >= 0.3 is 0 Å². The van der Waals surface area contributed by atoms with Crippen molar-refractivity contribution in [3.63, 3.8) is 0 Å². The van der Waals surface area contributed by atoms with E-state index in [4.69, 9.17) is 5.73 Å². The molecule has 0 amide bonds. The van der Waals surface area contributed by atoms with Gasteiger partial charge in [0.05, 0.1) is 6.33 Å². The van der Waals surface area contributed by atoms with Gasteiger partial charge in [-0.15, -0.1) is 0 Å². The molecule has 2 fully saturated rings. The van der Waals surface area contributed by atoms with Gasteiger partial charge in [0.15, 0.2) is 10.8 Å². The molecular formula is C10H16N4O2S. The van der Waals surface area contributed by atoms with Gasteiger partial charge in [-0.1, -0.05) is 0 Å². The molecule has 0 spiro atoms. The normalized spacial score (nSPS) is 29.0. The molecule has 1 aromatic heterocycles. The average Bonchev–Trinajstić information content (AvgIpc) is 2.93. The number of hydrogen-bond acceptors (Lipinski definition) is 4. The third-order valence-corrected chi connectivity index (χ3v) is 5.87. The summed E-state index contributed by atoms with van der Waals surface area (Å²) in [5, 5.41) is 0.130. The summed E-state index contributed by atoms with van der Waals surface area (Å²) in [7, 11) is -1.82. The van der Waals surface area contributed by atoms with E-state index in [2.05, 4.69) is 4.98 Å². The van der Waals surface area contributed by atoms with Crippen molar-refractivity contribution >= 4 is 15.8 Å². The van der Waals surface area contributed by atoms with Crippen molar-refractivity contribution in [1.29, 1.82) is 0 Å². The van der Waals surface area contributed by atoms with Gasteiger partial charge in [-0.2, -0.15) is 4.31 Å². The Kier molecular flexibility index (Phi) is 2.24. The van der Waals surface area contributed by atoms with Crippen LogP contribution in [0.5, 0.6) is 0 Å². The number of nitrogen functional groups attached to an aromatic ring is 1. The molecule has 2 aliphatic rings. The Balaban J connectivity index is 2.02. The molecule has 17 heavy (non-hydrogen) atoms. The molecule has 94 valence electrons. The number of anilines is 1. The number of sulfonamides is 1. The highest BCUT2D eigenvalue weighted by molar-refractivity contribution is 7.89. The van der Waals surface area contributed by atoms with E-state index in [1.54, 1.807) is 11.4 Å². The number of nitrogens with zero attached hydrogens (tertiary/aromatic N) is 3. The molecule has 1 aromatic rings. The standard InChI is InChI=1S/C10H16N4O2S/c1-13-6-12-9(11)10(13)17(15,16)14-5-7-2-3-8(14)4-7/h6-8H,2-5,11H2,1H3. The van der Waals surface area contributed by atoms with Crippen LogP contribution in [0.15, 0.2) is 11.4 Å². The summed E-state index contributed by atoms with van der Waals surface area (Å²) in [6, 6.07) is 0.166. The van der Waals surface area contributed by atoms with Crippen LogP contribution < -0.4 is 5.73 Å². The molecule has 0 radical (unpaired) electrons. The van der Waals surface area contributed by atoms with Crippen molar-refractivity contribution in [1.82, 2.24) is 13.9 Å². The van der Waals surface area contributed by atoms with Gasteiger partial charge < -0.3 is 10.3 Å². The van der Waals surface area contributed by atoms with E-state index in [0.717, 1.165) is 19.3 Å². The molecule has 2 unspecified atom stereocenters. The lowest BCUT2D eigenvalue weighted by atomic mass is 10.1. The first-order chi connectivity index (χ1) is 8.00. The topological polar surface area (TPSA) is 81.2 Å². The zero-order valence-electron chi connectivity index (χ0n) is 9.70. The Bertz CT molecular complexity index is 531. The number of nitrogens with two attached hydrogens (primary N) is 1. The van der Waals surface area contributed by atoms with Crippen LogP contribution in [0.3, 0.4) is 0 Å². The number of aryl methyl sites for hydroxylation is 1. The molecule has 1 saturated carbocycles. The largest absolute Gasteiger partial charge is 0.381 e. The maximum atomic E-state index is 12.5. The predicted octanol–water partition coefficient (Wildman–Crippen LogP) is 0.175. The average molecular weight is 256 g/mol. The zero-order chi connectivity index (χ0) is 12.2. The molecule has 1 aliphatic heterocycles. The van der Waals surface area contributed by atoms with Crippen LogP contribution in [0.4, 0.5) is 5.82 Å². The Morgan fingerprint density at radius 1 is 1.47 bits per heavy atom. The van der Waals surface area contributed by atoms with E-state index in [9.17, 15) is 8.42 Å². The summed E-state index contributed by atoms with van der Waals surface area (Å²) in [5.74, 6) is 0.625. The number of piperidine rings is 1. The number of rotatable bonds is 2. The first-order valence-electron chi connectivity index (χ1n) is 5.79. The Labute approximate surface area is 100 Å². The van der Waals surface area contributed by atoms with E-state index >= 15 is 0 Å². The lowest BCUT2D eigenvalue weighted by molar-refractivity contribution is 0.331. The fourth-order valence-corrected chi connectivity index (χ4v) is 4.98. The molecule has 1 saturated heterocycles. The van der Waals surface area contributed by atoms with Crippen LogP contribution >= 0.6 is 0 Å². The quantitative estimate of drug-likeness (QED) is 0.818. The van der Waals surface area contributed by atoms with E-state index in [0.29, 0.717) is 12.5 Å². The third-order valence-electron chi connectivity index (χ3n) is 3.82. The minimum atomic E-state index is -3.48. The molecule has 2 N–H and O–H groups in total. The number of hydrogen-bond donors (Lipinski definition) is 1. The molecule has 2 heterocycles. The van der Waals surface area contributed by atoms with Crippen molar-refractivity contribution in [2.24, 2.45) is 13.0 Å². The van der Waals surface area contributed by atoms with Gasteiger partial charge in [0, 0.05) is 19.6 Å². The van der Waals surface area contributed by atoms with E-state index in [-0.39, 0.29) is 16.9 Å². The van der Waals surface area contributed by atoms with Crippen LogP contribution in [0, 0.1) is 5.92 Å². The van der Waals surface area contributed by atoms with Crippen molar-refractivity contribution in [3.8, 4) is 0 Å². The van der Waals surface area contributed by atoms with Gasteiger partial charge in [-0.05, 0) is 25.2 Å². The predicted molar refractivity (Wildman–Crippen MR) is 62.6 cm³/mol. The smallest absolute Gasteiger partial charge is 0.262 e. The highest BCUT2D eigenvalue weighted by Crippen LogP contribution is 2.40. The van der Waals surface area contributed by atoms with Crippen LogP contribution in [-0.2, 0) is 17.1 Å². The molecular weight excluding hydrogens is 240 g/mol. The maximum Gasteiger partial charge on any atom is 0.262 e. The molecule has 7 heteroatoms. The van der Waals surface area contributed by atoms with Crippen molar-refractivity contribution in [2.75, 3.05) is 12.3 Å². The first-order valence-corrected chi connectivity index (χ1v) is 7.23. The van der Waals surface area contributed by atoms with Gasteiger partial charge in [-0.25, -0.2) is 13.4 Å². The summed E-state index contributed by atoms with van der Waals surface area (Å²) >= 11 is 0. The summed E-state index contributed by atoms with van der Waals surface area (Å²) < 4.78 is 28.1. The zero-order valence-corrected chi connectivity index (χ0v) is 10.5. The van der Waals surface area contributed by atoms with Gasteiger partial charge in [-0.3, -0.25) is 0 Å². The minimum Gasteiger partial charge on any atom is -0.381 e. The molecule has 2 bridgehead atoms. The summed E-state index contributed by atoms with van der Waals surface area (Å²) in [6.45, 7) is 0.637. The molecule has 2 atom stereocenters. The highest BCUT2D eigenvalue weighted by atomic mass is 32.2. The van der Waals surface area contributed by atoms with E-state index in [1.807, 2.05) is 0 Å². The summed E-state index contributed by atoms with van der Waals surface area (Å²) in [4.78, 5) is 3.85. The lowest BCUT2D eigenvalue weighted by Crippen LogP contribution is -2.38. The van der Waals surface area contributed by atoms with Crippen molar-refractivity contribution in [3.05, 3.63) is 6.33 Å². The molecule has 6 nitrogen and oxygen atoms in total. The highest BCUT2D eigenvalue weighted by Gasteiger charge is 2.45. The van der Waals surface area contributed by atoms with Crippen LogP contribution in [0.1, 0.15) is 19.3 Å². The summed E-state index contributed by atoms with van der Waals surface area (Å²) in [6.07, 6.45) is 4.56. The fraction of sp³-hybridized carbons (Fsp3) is 0.700. The maximum absolute atomic E-state index is 12.5. The Hall–Kier alpha value is -1.08. The third kappa shape index (κ3) is 1.49. The second kappa shape index (κ2) is 3.46. The van der Waals surface area contributed by atoms with Gasteiger partial charge in [0.2, 0.25) is 0 Å². The van der Waals surface area contributed by atoms with Crippen LogP contribution in [-0.4, -0.2) is 34.9 Å². The van der Waals surface area contributed by atoms with Crippen molar-refractivity contribution < 1.29 is 8.42 Å². The lowest BCUT2D eigenvalue weighted by Gasteiger charge is -2.26. The minimum absolute atomic E-state index is 0.0928. The second-order valence-electron chi connectivity index (χ2n) is 4.95. The van der Waals surface area contributed by atoms with Crippen molar-refractivity contribution in [2.45, 2.75) is 30.3 Å². The Morgan fingerprint density at radius 2 is 2.24 bits per heavy atom. The summed E-state index contributed by atoms with van der Waals surface area (Å²) in [5.41, 5.74) is 5.66. The fourth-order valence-electron chi connectivity index (χ4n) is 3.04. The second-order valence-corrected chi connectivity index (χ2v) is 6.76. The number of fused-ring (bicyclic) bond motifs is 2.